The van der Waals surface area contributed by atoms with Crippen molar-refractivity contribution >= 4 is 21.8 Å². The van der Waals surface area contributed by atoms with Crippen LogP contribution in [0.2, 0.25) is 0 Å². The van der Waals surface area contributed by atoms with Gasteiger partial charge in [0.05, 0.1) is 11.2 Å². The number of hydrogen-bond donors (Lipinski definition) is 2. The molecule has 0 bridgehead atoms. The quantitative estimate of drug-likeness (QED) is 0.475. The van der Waals surface area contributed by atoms with Gasteiger partial charge in [-0.1, -0.05) is 48.5 Å². The van der Waals surface area contributed by atoms with Gasteiger partial charge < -0.3 is 15.1 Å². The van der Waals surface area contributed by atoms with Crippen molar-refractivity contribution in [3.05, 3.63) is 90.4 Å². The number of carbonyl (C=O) groups excluding carboxylic acids is 2. The Morgan fingerprint density at radius 2 is 1.60 bits per heavy atom. The summed E-state index contributed by atoms with van der Waals surface area (Å²) >= 11 is 0. The molecule has 1 atom stereocenters. The standard InChI is InChI=1S/C26H29N3O5S/c30-25(23(18-20-8-3-1-4-9-20)28-26(31)24-12-7-17-34-24)27-19-21-13-15-29(16-14-21)35(32,33)22-10-5-2-6-11-22/h1-12,17,21,23H,13-16,18-19H2,(H,27,30)(H,28,31). The van der Waals surface area contributed by atoms with Crippen LogP contribution in [0.4, 0.5) is 0 Å². The Kier molecular flexibility index (Phi) is 7.99. The maximum Gasteiger partial charge on any atom is 0.287 e. The van der Waals surface area contributed by atoms with E-state index < -0.39 is 22.0 Å². The summed E-state index contributed by atoms with van der Waals surface area (Å²) in [6.07, 6.45) is 3.04. The number of benzene rings is 2. The molecule has 0 aliphatic carbocycles. The van der Waals surface area contributed by atoms with E-state index in [0.717, 1.165) is 5.56 Å². The molecular weight excluding hydrogens is 466 g/mol. The summed E-state index contributed by atoms with van der Waals surface area (Å²) in [5.74, 6) is -0.444. The van der Waals surface area contributed by atoms with Crippen molar-refractivity contribution in [3.8, 4) is 0 Å². The Bertz CT molecular complexity index is 1210. The van der Waals surface area contributed by atoms with Crippen LogP contribution < -0.4 is 10.6 Å². The van der Waals surface area contributed by atoms with E-state index in [9.17, 15) is 18.0 Å². The second-order valence-corrected chi connectivity index (χ2v) is 10.5. The lowest BCUT2D eigenvalue weighted by molar-refractivity contribution is -0.123. The van der Waals surface area contributed by atoms with Crippen molar-refractivity contribution in [2.45, 2.75) is 30.2 Å². The van der Waals surface area contributed by atoms with Gasteiger partial charge in [-0.2, -0.15) is 4.31 Å². The van der Waals surface area contributed by atoms with Gasteiger partial charge in [0.2, 0.25) is 15.9 Å². The van der Waals surface area contributed by atoms with Gasteiger partial charge in [-0.25, -0.2) is 8.42 Å². The molecule has 2 aromatic carbocycles. The molecule has 0 saturated carbocycles. The van der Waals surface area contributed by atoms with Crippen LogP contribution in [0.5, 0.6) is 0 Å². The fourth-order valence-electron chi connectivity index (χ4n) is 4.16. The minimum absolute atomic E-state index is 0.142. The number of carbonyl (C=O) groups is 2. The van der Waals surface area contributed by atoms with E-state index in [1.807, 2.05) is 30.3 Å². The molecule has 184 valence electrons. The zero-order valence-electron chi connectivity index (χ0n) is 19.3. The van der Waals surface area contributed by atoms with Crippen LogP contribution in [0.1, 0.15) is 29.0 Å². The van der Waals surface area contributed by atoms with Crippen molar-refractivity contribution in [2.24, 2.45) is 5.92 Å². The van der Waals surface area contributed by atoms with E-state index in [-0.39, 0.29) is 17.6 Å². The molecule has 0 radical (unpaired) electrons. The zero-order valence-corrected chi connectivity index (χ0v) is 20.1. The molecule has 3 aromatic rings. The van der Waals surface area contributed by atoms with Crippen molar-refractivity contribution < 1.29 is 22.4 Å². The first-order chi connectivity index (χ1) is 16.9. The van der Waals surface area contributed by atoms with E-state index in [1.54, 1.807) is 42.5 Å². The van der Waals surface area contributed by atoms with E-state index in [1.165, 1.54) is 10.6 Å². The van der Waals surface area contributed by atoms with Gasteiger partial charge in [0.25, 0.3) is 5.91 Å². The number of rotatable bonds is 9. The molecule has 2 heterocycles. The van der Waals surface area contributed by atoms with Crippen LogP contribution in [-0.4, -0.2) is 50.2 Å². The molecule has 9 heteroatoms. The van der Waals surface area contributed by atoms with Crippen LogP contribution >= 0.6 is 0 Å². The topological polar surface area (TPSA) is 109 Å². The predicted molar refractivity (Wildman–Crippen MR) is 131 cm³/mol. The number of amides is 2. The Morgan fingerprint density at radius 1 is 0.943 bits per heavy atom. The van der Waals surface area contributed by atoms with Crippen LogP contribution in [0, 0.1) is 5.92 Å². The summed E-state index contributed by atoms with van der Waals surface area (Å²) in [7, 11) is -3.51. The Balaban J connectivity index is 1.33. The summed E-state index contributed by atoms with van der Waals surface area (Å²) in [6.45, 7) is 1.22. The molecular formula is C26H29N3O5S. The molecule has 1 aliphatic heterocycles. The van der Waals surface area contributed by atoms with Gasteiger partial charge >= 0.3 is 0 Å². The van der Waals surface area contributed by atoms with Gasteiger partial charge in [0.15, 0.2) is 5.76 Å². The van der Waals surface area contributed by atoms with Crippen LogP contribution in [0.3, 0.4) is 0 Å². The number of hydrogen-bond acceptors (Lipinski definition) is 5. The second-order valence-electron chi connectivity index (χ2n) is 8.60. The molecule has 1 aliphatic rings. The summed E-state index contributed by atoms with van der Waals surface area (Å²) in [5, 5.41) is 5.72. The van der Waals surface area contributed by atoms with Gasteiger partial charge in [-0.3, -0.25) is 9.59 Å². The van der Waals surface area contributed by atoms with Crippen molar-refractivity contribution in [3.63, 3.8) is 0 Å². The summed E-state index contributed by atoms with van der Waals surface area (Å²) in [6, 6.07) is 20.3. The molecule has 1 saturated heterocycles. The number of piperidine rings is 1. The van der Waals surface area contributed by atoms with E-state index >= 15 is 0 Å². The van der Waals surface area contributed by atoms with E-state index in [4.69, 9.17) is 4.42 Å². The monoisotopic (exact) mass is 495 g/mol. The molecule has 8 nitrogen and oxygen atoms in total. The highest BCUT2D eigenvalue weighted by Gasteiger charge is 2.30. The van der Waals surface area contributed by atoms with E-state index in [2.05, 4.69) is 10.6 Å². The largest absolute Gasteiger partial charge is 0.459 e. The predicted octanol–water partition coefficient (Wildman–Crippen LogP) is 2.84. The smallest absolute Gasteiger partial charge is 0.287 e. The normalized spacial score (nSPS) is 15.9. The van der Waals surface area contributed by atoms with Crippen LogP contribution in [0.15, 0.2) is 88.4 Å². The lowest BCUT2D eigenvalue weighted by atomic mass is 9.98. The molecule has 0 spiro atoms. The first kappa shape index (κ1) is 24.7. The van der Waals surface area contributed by atoms with Gasteiger partial charge in [0.1, 0.15) is 6.04 Å². The van der Waals surface area contributed by atoms with Gasteiger partial charge in [-0.05, 0) is 48.6 Å². The van der Waals surface area contributed by atoms with Crippen molar-refractivity contribution in [2.75, 3.05) is 19.6 Å². The van der Waals surface area contributed by atoms with Crippen molar-refractivity contribution in [1.82, 2.24) is 14.9 Å². The molecule has 2 amide bonds. The van der Waals surface area contributed by atoms with Crippen LogP contribution in [-0.2, 0) is 21.2 Å². The molecule has 1 unspecified atom stereocenters. The Morgan fingerprint density at radius 3 is 2.23 bits per heavy atom. The minimum atomic E-state index is -3.51. The molecule has 4 rings (SSSR count). The lowest BCUT2D eigenvalue weighted by Crippen LogP contribution is -2.49. The second kappa shape index (κ2) is 11.3. The minimum Gasteiger partial charge on any atom is -0.459 e. The third kappa shape index (κ3) is 6.37. The molecule has 1 fully saturated rings. The molecule has 1 aromatic heterocycles. The Labute approximate surface area is 205 Å². The molecule has 2 N–H and O–H groups in total. The average Bonchev–Trinajstić information content (AvgIpc) is 3.44. The number of sulfonamides is 1. The summed E-state index contributed by atoms with van der Waals surface area (Å²) < 4.78 is 32.3. The van der Waals surface area contributed by atoms with Gasteiger partial charge in [-0.15, -0.1) is 0 Å². The molecule has 35 heavy (non-hydrogen) atoms. The van der Waals surface area contributed by atoms with E-state index in [0.29, 0.717) is 43.8 Å². The maximum absolute atomic E-state index is 13.0. The highest BCUT2D eigenvalue weighted by atomic mass is 32.2. The highest BCUT2D eigenvalue weighted by molar-refractivity contribution is 7.89. The Hall–Kier alpha value is -3.43. The first-order valence-electron chi connectivity index (χ1n) is 11.6. The number of nitrogens with one attached hydrogen (secondary N) is 2. The van der Waals surface area contributed by atoms with Crippen molar-refractivity contribution in [1.29, 1.82) is 0 Å². The fourth-order valence-corrected chi connectivity index (χ4v) is 5.65. The van der Waals surface area contributed by atoms with Crippen LogP contribution in [0.25, 0.3) is 0 Å². The average molecular weight is 496 g/mol. The number of furan rings is 1. The highest BCUT2D eigenvalue weighted by Crippen LogP contribution is 2.23. The zero-order chi connectivity index (χ0) is 24.7. The fraction of sp³-hybridized carbons (Fsp3) is 0.308. The summed E-state index contributed by atoms with van der Waals surface area (Å²) in [5.41, 5.74) is 0.923. The van der Waals surface area contributed by atoms with Gasteiger partial charge in [0, 0.05) is 26.1 Å². The third-order valence-corrected chi connectivity index (χ3v) is 8.08. The third-order valence-electron chi connectivity index (χ3n) is 6.17. The SMILES string of the molecule is O=C(NC(Cc1ccccc1)C(=O)NCC1CCN(S(=O)(=O)c2ccccc2)CC1)c1ccco1. The maximum atomic E-state index is 13.0. The first-order valence-corrected chi connectivity index (χ1v) is 13.1. The summed E-state index contributed by atoms with van der Waals surface area (Å²) in [4.78, 5) is 25.9. The number of nitrogens with zero attached hydrogens (tertiary/aromatic N) is 1. The lowest BCUT2D eigenvalue weighted by Gasteiger charge is -2.31.